The number of carboxylic acids is 1. The van der Waals surface area contributed by atoms with E-state index in [4.69, 9.17) is 21.7 Å². The molecule has 0 atom stereocenters. The van der Waals surface area contributed by atoms with Crippen LogP contribution in [0.1, 0.15) is 38.2 Å². The second-order valence-electron chi connectivity index (χ2n) is 10.6. The Morgan fingerprint density at radius 1 is 0.733 bits per heavy atom. The van der Waals surface area contributed by atoms with E-state index in [0.717, 1.165) is 0 Å². The first-order valence-corrected chi connectivity index (χ1v) is 14.3. The van der Waals surface area contributed by atoms with E-state index >= 15 is 0 Å². The zero-order valence-corrected chi connectivity index (χ0v) is 24.2. The first-order valence-electron chi connectivity index (χ1n) is 13.9. The van der Waals surface area contributed by atoms with Crippen molar-refractivity contribution in [3.05, 3.63) is 149 Å². The number of carbonyl (C=O) groups excluding carboxylic acids is 1. The highest BCUT2D eigenvalue weighted by molar-refractivity contribution is 7.80. The Balaban J connectivity index is 1.33. The van der Waals surface area contributed by atoms with Crippen molar-refractivity contribution in [3.8, 4) is 23.0 Å². The number of nitrogens with one attached hydrogen (secondary N) is 2. The van der Waals surface area contributed by atoms with Gasteiger partial charge in [0.2, 0.25) is 0 Å². The molecule has 2 heterocycles. The number of fused-ring (bicyclic) bond motifs is 6. The smallest absolute Gasteiger partial charge is 0.342 e. The van der Waals surface area contributed by atoms with Gasteiger partial charge in [-0.25, -0.2) is 9.59 Å². The normalized spacial score (nSPS) is 13.9. The molecule has 0 aliphatic carbocycles. The number of esters is 1. The molecule has 10 heteroatoms. The van der Waals surface area contributed by atoms with E-state index in [1.807, 2.05) is 0 Å². The van der Waals surface area contributed by atoms with E-state index < -0.39 is 23.1 Å². The molecule has 5 aromatic carbocycles. The number of rotatable bonds is 5. The maximum atomic E-state index is 13.8. The second kappa shape index (κ2) is 10.4. The largest absolute Gasteiger partial charge is 0.508 e. The lowest BCUT2D eigenvalue weighted by molar-refractivity contribution is -0.142. The lowest BCUT2D eigenvalue weighted by Gasteiger charge is -2.36. The minimum absolute atomic E-state index is 0.0464. The molecule has 0 saturated carbocycles. The van der Waals surface area contributed by atoms with Crippen molar-refractivity contribution in [2.75, 3.05) is 5.32 Å². The maximum Gasteiger partial charge on any atom is 0.342 e. The minimum atomic E-state index is -1.76. The van der Waals surface area contributed by atoms with Gasteiger partial charge in [-0.2, -0.15) is 0 Å². The van der Waals surface area contributed by atoms with Gasteiger partial charge in [-0.3, -0.25) is 0 Å². The van der Waals surface area contributed by atoms with Gasteiger partial charge in [0.05, 0.1) is 11.3 Å². The minimum Gasteiger partial charge on any atom is -0.508 e. The van der Waals surface area contributed by atoms with E-state index in [0.29, 0.717) is 33.5 Å². The lowest BCUT2D eigenvalue weighted by Crippen LogP contribution is -2.54. The average Bonchev–Trinajstić information content (AvgIpc) is 3.33. The van der Waals surface area contributed by atoms with E-state index in [9.17, 15) is 24.9 Å². The molecule has 1 spiro atoms. The Morgan fingerprint density at radius 3 is 1.82 bits per heavy atom. The SMILES string of the molecule is O=C1OC2(c3ccc(O)cc3Oc3cc(O)ccc32)c2cccc(NC(=S)NC(C(=O)O)(c3ccccc3)c3ccccc3)c21. The Bertz CT molecular complexity index is 1920. The lowest BCUT2D eigenvalue weighted by atomic mass is 9.77. The molecule has 222 valence electrons. The Hall–Kier alpha value is -5.87. The number of phenols is 2. The number of hydrogen-bond acceptors (Lipinski definition) is 7. The van der Waals surface area contributed by atoms with Gasteiger partial charge in [0.1, 0.15) is 23.0 Å². The number of ether oxygens (including phenoxy) is 2. The van der Waals surface area contributed by atoms with Crippen LogP contribution in [0.2, 0.25) is 0 Å². The third-order valence-corrected chi connectivity index (χ3v) is 8.29. The first-order chi connectivity index (χ1) is 21.7. The van der Waals surface area contributed by atoms with Crippen LogP contribution in [0.4, 0.5) is 5.69 Å². The second-order valence-corrected chi connectivity index (χ2v) is 11.0. The molecule has 0 bridgehead atoms. The Kier molecular flexibility index (Phi) is 6.45. The Labute approximate surface area is 262 Å². The highest BCUT2D eigenvalue weighted by Crippen LogP contribution is 2.57. The summed E-state index contributed by atoms with van der Waals surface area (Å²) in [5, 5.41) is 37.1. The number of carboxylic acid groups (broad SMARTS) is 1. The summed E-state index contributed by atoms with van der Waals surface area (Å²) in [6.07, 6.45) is 0. The predicted molar refractivity (Wildman–Crippen MR) is 169 cm³/mol. The van der Waals surface area contributed by atoms with Crippen molar-refractivity contribution in [1.29, 1.82) is 0 Å². The van der Waals surface area contributed by atoms with Crippen LogP contribution in [0.15, 0.2) is 115 Å². The van der Waals surface area contributed by atoms with Crippen molar-refractivity contribution in [2.45, 2.75) is 11.1 Å². The molecular formula is C35H24N2O7S. The van der Waals surface area contributed by atoms with Crippen molar-refractivity contribution in [2.24, 2.45) is 0 Å². The summed E-state index contributed by atoms with van der Waals surface area (Å²) in [5.41, 5.74) is -0.433. The standard InChI is InChI=1S/C35H24N2O7S/c38-22-14-16-24-28(18-22)43-29-19-23(39)15-17-25(29)35(24)26-12-7-13-27(30(26)31(40)44-35)36-33(45)37-34(32(41)42,20-8-3-1-4-9-20)21-10-5-2-6-11-21/h1-19,38-39H,(H,41,42)(H2,36,37,45). The van der Waals surface area contributed by atoms with Gasteiger partial charge in [-0.05, 0) is 53.7 Å². The van der Waals surface area contributed by atoms with Crippen molar-refractivity contribution in [1.82, 2.24) is 5.32 Å². The highest BCUT2D eigenvalue weighted by atomic mass is 32.1. The summed E-state index contributed by atoms with van der Waals surface area (Å²) < 4.78 is 12.2. The molecule has 9 nitrogen and oxygen atoms in total. The van der Waals surface area contributed by atoms with Gasteiger partial charge in [-0.15, -0.1) is 0 Å². The summed E-state index contributed by atoms with van der Waals surface area (Å²) in [4.78, 5) is 26.8. The van der Waals surface area contributed by atoms with Crippen LogP contribution >= 0.6 is 12.2 Å². The fourth-order valence-corrected chi connectivity index (χ4v) is 6.43. The summed E-state index contributed by atoms with van der Waals surface area (Å²) in [7, 11) is 0. The van der Waals surface area contributed by atoms with E-state index in [1.165, 1.54) is 24.3 Å². The molecule has 7 rings (SSSR count). The zero-order chi connectivity index (χ0) is 31.3. The zero-order valence-electron chi connectivity index (χ0n) is 23.4. The quantitative estimate of drug-likeness (QED) is 0.118. The van der Waals surface area contributed by atoms with Gasteiger partial charge in [0, 0.05) is 28.8 Å². The van der Waals surface area contributed by atoms with E-state index in [-0.39, 0.29) is 33.7 Å². The summed E-state index contributed by atoms with van der Waals surface area (Å²) >= 11 is 5.70. The average molecular weight is 617 g/mol. The number of thiocarbonyl (C=S) groups is 1. The van der Waals surface area contributed by atoms with Crippen molar-refractivity contribution >= 4 is 35.0 Å². The van der Waals surface area contributed by atoms with E-state index in [1.54, 1.807) is 91.0 Å². The number of anilines is 1. The number of aromatic hydroxyl groups is 2. The predicted octanol–water partition coefficient (Wildman–Crippen LogP) is 5.98. The third-order valence-electron chi connectivity index (χ3n) is 8.09. The molecular weight excluding hydrogens is 592 g/mol. The van der Waals surface area contributed by atoms with Gasteiger partial charge in [-0.1, -0.05) is 72.8 Å². The van der Waals surface area contributed by atoms with Crippen LogP contribution in [0.3, 0.4) is 0 Å². The fraction of sp³-hybridized carbons (Fsp3) is 0.0571. The Morgan fingerprint density at radius 2 is 1.29 bits per heavy atom. The number of hydrogen-bond donors (Lipinski definition) is 5. The summed E-state index contributed by atoms with van der Waals surface area (Å²) in [6.45, 7) is 0. The van der Waals surface area contributed by atoms with Gasteiger partial charge in [0.15, 0.2) is 16.3 Å². The van der Waals surface area contributed by atoms with Gasteiger partial charge >= 0.3 is 11.9 Å². The molecule has 0 amide bonds. The van der Waals surface area contributed by atoms with Crippen LogP contribution in [0.5, 0.6) is 23.0 Å². The molecule has 5 aromatic rings. The topological polar surface area (TPSA) is 137 Å². The highest BCUT2D eigenvalue weighted by Gasteiger charge is 2.54. The van der Waals surface area contributed by atoms with Crippen LogP contribution in [0.25, 0.3) is 0 Å². The molecule has 0 radical (unpaired) electrons. The number of benzene rings is 5. The molecule has 0 unspecified atom stereocenters. The summed E-state index contributed by atoms with van der Waals surface area (Å²) in [6, 6.07) is 31.5. The number of aliphatic carboxylic acids is 1. The third kappa shape index (κ3) is 4.26. The summed E-state index contributed by atoms with van der Waals surface area (Å²) in [5.74, 6) is -1.44. The number of carbonyl (C=O) groups is 2. The van der Waals surface area contributed by atoms with Gasteiger partial charge in [0.25, 0.3) is 0 Å². The van der Waals surface area contributed by atoms with Crippen molar-refractivity contribution < 1.29 is 34.4 Å². The fourth-order valence-electron chi connectivity index (χ4n) is 6.16. The molecule has 2 aliphatic heterocycles. The molecule has 0 aromatic heterocycles. The van der Waals surface area contributed by atoms with Crippen LogP contribution < -0.4 is 15.4 Å². The van der Waals surface area contributed by atoms with Crippen LogP contribution in [-0.2, 0) is 20.7 Å². The van der Waals surface area contributed by atoms with E-state index in [2.05, 4.69) is 10.6 Å². The molecule has 2 aliphatic rings. The first kappa shape index (κ1) is 27.9. The molecule has 0 saturated heterocycles. The molecule has 0 fully saturated rings. The maximum absolute atomic E-state index is 13.8. The van der Waals surface area contributed by atoms with Crippen molar-refractivity contribution in [3.63, 3.8) is 0 Å². The number of phenolic OH excluding ortho intramolecular Hbond substituents is 2. The van der Waals surface area contributed by atoms with Gasteiger partial charge < -0.3 is 35.4 Å². The molecule has 5 N–H and O–H groups in total. The van der Waals surface area contributed by atoms with Crippen LogP contribution in [0, 0.1) is 0 Å². The van der Waals surface area contributed by atoms with Crippen LogP contribution in [-0.4, -0.2) is 32.4 Å². The molecule has 45 heavy (non-hydrogen) atoms. The monoisotopic (exact) mass is 616 g/mol.